The van der Waals surface area contributed by atoms with Gasteiger partial charge in [0.25, 0.3) is 11.9 Å². The molecular weight excluding hydrogens is 326 g/mol. The number of hydrogen-bond acceptors (Lipinski definition) is 5. The molecule has 0 unspecified atom stereocenters. The van der Waals surface area contributed by atoms with Gasteiger partial charge in [0.15, 0.2) is 0 Å². The van der Waals surface area contributed by atoms with Gasteiger partial charge >= 0.3 is 0 Å². The highest BCUT2D eigenvalue weighted by Crippen LogP contribution is 2.27. The predicted octanol–water partition coefficient (Wildman–Crippen LogP) is 2.37. The Kier molecular flexibility index (Phi) is 4.25. The van der Waals surface area contributed by atoms with Crippen molar-refractivity contribution in [3.8, 4) is 0 Å². The molecule has 1 aliphatic rings. The zero-order chi connectivity index (χ0) is 17.4. The minimum absolute atomic E-state index is 0.193. The molecular formula is C15H15F4N5. The summed E-state index contributed by atoms with van der Waals surface area (Å²) in [5.41, 5.74) is 0.102. The fourth-order valence-electron chi connectivity index (χ4n) is 2.77. The number of anilines is 2. The Morgan fingerprint density at radius 2 is 1.33 bits per heavy atom. The molecule has 3 rings (SSSR count). The molecule has 2 aromatic rings. The molecule has 3 heterocycles. The summed E-state index contributed by atoms with van der Waals surface area (Å²) in [6, 6.07) is 1.82. The third kappa shape index (κ3) is 2.98. The van der Waals surface area contributed by atoms with Crippen LogP contribution in [0.4, 0.5) is 29.1 Å². The highest BCUT2D eigenvalue weighted by atomic mass is 19.2. The molecule has 0 aromatic carbocycles. The smallest absolute Gasteiger partial charge is 0.253 e. The molecule has 1 aliphatic heterocycles. The van der Waals surface area contributed by atoms with Crippen molar-refractivity contribution in [3.05, 3.63) is 41.1 Å². The second-order valence-corrected chi connectivity index (χ2v) is 5.56. The van der Waals surface area contributed by atoms with Crippen molar-refractivity contribution in [2.24, 2.45) is 0 Å². The second kappa shape index (κ2) is 6.21. The lowest BCUT2D eigenvalue weighted by Crippen LogP contribution is -2.47. The van der Waals surface area contributed by atoms with Crippen molar-refractivity contribution in [2.45, 2.75) is 13.8 Å². The van der Waals surface area contributed by atoms with Gasteiger partial charge < -0.3 is 9.80 Å². The number of hydrogen-bond donors (Lipinski definition) is 0. The lowest BCUT2D eigenvalue weighted by atomic mass is 10.2. The number of piperazine rings is 1. The average molecular weight is 341 g/mol. The Morgan fingerprint density at radius 1 is 0.792 bits per heavy atom. The van der Waals surface area contributed by atoms with Crippen LogP contribution in [-0.2, 0) is 0 Å². The quantitative estimate of drug-likeness (QED) is 0.620. The first-order chi connectivity index (χ1) is 11.4. The molecule has 128 valence electrons. The lowest BCUT2D eigenvalue weighted by molar-refractivity contribution is 0.404. The zero-order valence-electron chi connectivity index (χ0n) is 13.2. The van der Waals surface area contributed by atoms with Gasteiger partial charge in [-0.25, -0.2) is 9.97 Å². The Balaban J connectivity index is 1.81. The highest BCUT2D eigenvalue weighted by molar-refractivity contribution is 5.51. The Hall–Kier alpha value is -2.45. The van der Waals surface area contributed by atoms with E-state index < -0.39 is 29.2 Å². The number of aromatic nitrogens is 3. The minimum atomic E-state index is -1.65. The van der Waals surface area contributed by atoms with E-state index in [0.29, 0.717) is 24.7 Å². The first-order valence-corrected chi connectivity index (χ1v) is 7.39. The molecule has 1 saturated heterocycles. The highest BCUT2D eigenvalue weighted by Gasteiger charge is 2.28. The molecule has 2 aromatic heterocycles. The fourth-order valence-corrected chi connectivity index (χ4v) is 2.77. The van der Waals surface area contributed by atoms with Crippen molar-refractivity contribution < 1.29 is 17.6 Å². The van der Waals surface area contributed by atoms with Gasteiger partial charge in [-0.15, -0.1) is 0 Å². The van der Waals surface area contributed by atoms with E-state index in [4.69, 9.17) is 0 Å². The molecule has 0 N–H and O–H groups in total. The first-order valence-electron chi connectivity index (χ1n) is 7.39. The van der Waals surface area contributed by atoms with Gasteiger partial charge in [0, 0.05) is 37.9 Å². The number of halogens is 4. The molecule has 5 nitrogen and oxygen atoms in total. The van der Waals surface area contributed by atoms with E-state index in [0.717, 1.165) is 5.69 Å². The van der Waals surface area contributed by atoms with Crippen molar-refractivity contribution in [1.29, 1.82) is 0 Å². The van der Waals surface area contributed by atoms with Crippen LogP contribution in [0, 0.1) is 37.4 Å². The van der Waals surface area contributed by atoms with Crippen LogP contribution in [-0.4, -0.2) is 41.1 Å². The van der Waals surface area contributed by atoms with Gasteiger partial charge in [-0.1, -0.05) is 0 Å². The second-order valence-electron chi connectivity index (χ2n) is 5.56. The number of pyridine rings is 1. The van der Waals surface area contributed by atoms with Crippen LogP contribution in [0.25, 0.3) is 0 Å². The molecule has 0 spiro atoms. The van der Waals surface area contributed by atoms with Crippen LogP contribution < -0.4 is 9.80 Å². The van der Waals surface area contributed by atoms with Crippen LogP contribution in [0.2, 0.25) is 0 Å². The Labute approximate surface area is 136 Å². The summed E-state index contributed by atoms with van der Waals surface area (Å²) >= 11 is 0. The van der Waals surface area contributed by atoms with Crippen LogP contribution in [0.15, 0.2) is 6.07 Å². The fraction of sp³-hybridized carbons (Fsp3) is 0.400. The van der Waals surface area contributed by atoms with Gasteiger partial charge in [-0.3, -0.25) is 0 Å². The molecule has 9 heteroatoms. The summed E-state index contributed by atoms with van der Waals surface area (Å²) < 4.78 is 54.2. The third-order valence-corrected chi connectivity index (χ3v) is 3.85. The topological polar surface area (TPSA) is 45.2 Å². The first kappa shape index (κ1) is 16.4. The maximum Gasteiger partial charge on any atom is 0.253 e. The van der Waals surface area contributed by atoms with E-state index in [1.165, 1.54) is 4.90 Å². The minimum Gasteiger partial charge on any atom is -0.363 e. The molecule has 0 radical (unpaired) electrons. The summed E-state index contributed by atoms with van der Waals surface area (Å²) in [5.74, 6) is -4.90. The van der Waals surface area contributed by atoms with Crippen molar-refractivity contribution >= 4 is 11.5 Å². The van der Waals surface area contributed by atoms with Gasteiger partial charge in [0.2, 0.25) is 11.6 Å². The standard InChI is InChI=1S/C15H15F4N5/c1-8-7-10(21-9(2)20-8)23-3-5-24(6-4-23)13-11(16)14(18)22-15(19)12(13)17/h7H,3-6H2,1-2H3. The van der Waals surface area contributed by atoms with Crippen LogP contribution in [0.5, 0.6) is 0 Å². The van der Waals surface area contributed by atoms with E-state index in [2.05, 4.69) is 15.0 Å². The summed E-state index contributed by atoms with van der Waals surface area (Å²) in [4.78, 5) is 14.3. The van der Waals surface area contributed by atoms with Crippen LogP contribution >= 0.6 is 0 Å². The van der Waals surface area contributed by atoms with E-state index >= 15 is 0 Å². The maximum atomic E-state index is 13.8. The summed E-state index contributed by atoms with van der Waals surface area (Å²) in [6.07, 6.45) is 0. The number of rotatable bonds is 2. The molecule has 0 amide bonds. The normalized spacial score (nSPS) is 15.1. The van der Waals surface area contributed by atoms with Crippen molar-refractivity contribution in [1.82, 2.24) is 15.0 Å². The van der Waals surface area contributed by atoms with Crippen molar-refractivity contribution in [3.63, 3.8) is 0 Å². The molecule has 0 aliphatic carbocycles. The van der Waals surface area contributed by atoms with Gasteiger partial charge in [-0.05, 0) is 13.8 Å². The number of aryl methyl sites for hydroxylation is 2. The summed E-state index contributed by atoms with van der Waals surface area (Å²) in [5, 5.41) is 0. The molecule has 0 saturated carbocycles. The van der Waals surface area contributed by atoms with Gasteiger partial charge in [-0.2, -0.15) is 22.5 Å². The van der Waals surface area contributed by atoms with E-state index in [-0.39, 0.29) is 13.1 Å². The third-order valence-electron chi connectivity index (χ3n) is 3.85. The van der Waals surface area contributed by atoms with Gasteiger partial charge in [0.1, 0.15) is 17.3 Å². The van der Waals surface area contributed by atoms with Crippen LogP contribution in [0.1, 0.15) is 11.5 Å². The summed E-state index contributed by atoms with van der Waals surface area (Å²) in [6.45, 7) is 4.82. The van der Waals surface area contributed by atoms with E-state index in [1.807, 2.05) is 17.9 Å². The van der Waals surface area contributed by atoms with E-state index in [1.54, 1.807) is 6.92 Å². The summed E-state index contributed by atoms with van der Waals surface area (Å²) in [7, 11) is 0. The zero-order valence-corrected chi connectivity index (χ0v) is 13.2. The maximum absolute atomic E-state index is 13.8. The average Bonchev–Trinajstić information content (AvgIpc) is 2.53. The molecule has 1 fully saturated rings. The monoisotopic (exact) mass is 341 g/mol. The molecule has 24 heavy (non-hydrogen) atoms. The van der Waals surface area contributed by atoms with Crippen LogP contribution in [0.3, 0.4) is 0 Å². The number of nitrogens with zero attached hydrogens (tertiary/aromatic N) is 5. The van der Waals surface area contributed by atoms with Gasteiger partial charge in [0.05, 0.1) is 0 Å². The Morgan fingerprint density at radius 3 is 1.88 bits per heavy atom. The molecule has 0 bridgehead atoms. The lowest BCUT2D eigenvalue weighted by Gasteiger charge is -2.36. The van der Waals surface area contributed by atoms with E-state index in [9.17, 15) is 17.6 Å². The largest absolute Gasteiger partial charge is 0.363 e. The molecule has 0 atom stereocenters. The van der Waals surface area contributed by atoms with Crippen molar-refractivity contribution in [2.75, 3.05) is 36.0 Å². The Bertz CT molecular complexity index is 728. The predicted molar refractivity (Wildman–Crippen MR) is 80.0 cm³/mol. The SMILES string of the molecule is Cc1cc(N2CCN(c3c(F)c(F)nc(F)c3F)CC2)nc(C)n1.